The van der Waals surface area contributed by atoms with Crippen LogP contribution in [0.1, 0.15) is 29.7 Å². The number of anilines is 1. The van der Waals surface area contributed by atoms with Gasteiger partial charge in [-0.3, -0.25) is 4.79 Å². The summed E-state index contributed by atoms with van der Waals surface area (Å²) in [5, 5.41) is 13.5. The molecule has 0 saturated carbocycles. The highest BCUT2D eigenvalue weighted by atomic mass is 35.5. The molecule has 0 aliphatic heterocycles. The Morgan fingerprint density at radius 1 is 1.36 bits per heavy atom. The van der Waals surface area contributed by atoms with Crippen molar-refractivity contribution in [2.75, 3.05) is 11.1 Å². The minimum Gasteiger partial charge on any atom is -0.325 e. The summed E-state index contributed by atoms with van der Waals surface area (Å²) in [5.74, 6) is 0.376. The van der Waals surface area contributed by atoms with E-state index >= 15 is 0 Å². The third-order valence-corrected chi connectivity index (χ3v) is 5.74. The summed E-state index contributed by atoms with van der Waals surface area (Å²) >= 11 is 13.4. The Kier molecular flexibility index (Phi) is 5.85. The van der Waals surface area contributed by atoms with E-state index in [1.54, 1.807) is 18.2 Å². The quantitative estimate of drug-likeness (QED) is 0.738. The van der Waals surface area contributed by atoms with Crippen LogP contribution in [0.5, 0.6) is 0 Å². The molecule has 128 valence electrons. The number of nitriles is 1. The Labute approximate surface area is 160 Å². The Hall–Kier alpha value is -1.74. The normalized spacial score (nSPS) is 12.5. The summed E-state index contributed by atoms with van der Waals surface area (Å²) in [5.41, 5.74) is 3.34. The van der Waals surface area contributed by atoms with Gasteiger partial charge in [0.1, 0.15) is 11.1 Å². The van der Waals surface area contributed by atoms with E-state index in [0.29, 0.717) is 32.1 Å². The van der Waals surface area contributed by atoms with E-state index in [9.17, 15) is 10.1 Å². The Balaban J connectivity index is 1.59. The van der Waals surface area contributed by atoms with Crippen LogP contribution in [0, 0.1) is 11.3 Å². The third-order valence-electron chi connectivity index (χ3n) is 3.93. The van der Waals surface area contributed by atoms with Gasteiger partial charge >= 0.3 is 0 Å². The zero-order valence-electron chi connectivity index (χ0n) is 13.3. The Morgan fingerprint density at radius 3 is 3.00 bits per heavy atom. The summed E-state index contributed by atoms with van der Waals surface area (Å²) in [4.78, 5) is 16.7. The van der Waals surface area contributed by atoms with Crippen LogP contribution in [-0.4, -0.2) is 16.6 Å². The molecule has 1 aliphatic rings. The second-order valence-electron chi connectivity index (χ2n) is 5.66. The van der Waals surface area contributed by atoms with Crippen LogP contribution < -0.4 is 5.32 Å². The topological polar surface area (TPSA) is 65.8 Å². The molecule has 1 aromatic heterocycles. The first kappa shape index (κ1) is 18.1. The minimum atomic E-state index is -0.156. The average molecular weight is 392 g/mol. The number of pyridine rings is 1. The molecule has 0 bridgehead atoms. The van der Waals surface area contributed by atoms with Gasteiger partial charge in [-0.1, -0.05) is 29.3 Å². The molecule has 0 atom stereocenters. The second kappa shape index (κ2) is 8.09. The van der Waals surface area contributed by atoms with E-state index < -0.39 is 0 Å². The lowest BCUT2D eigenvalue weighted by atomic mass is 10.2. The van der Waals surface area contributed by atoms with E-state index in [1.165, 1.54) is 17.3 Å². The summed E-state index contributed by atoms with van der Waals surface area (Å²) in [6.45, 7) is 0. The lowest BCUT2D eigenvalue weighted by Crippen LogP contribution is -2.12. The van der Waals surface area contributed by atoms with Crippen molar-refractivity contribution < 1.29 is 4.79 Å². The number of aryl methyl sites for hydroxylation is 2. The summed E-state index contributed by atoms with van der Waals surface area (Å²) < 4.78 is 0. The first-order chi connectivity index (χ1) is 12.1. The van der Waals surface area contributed by atoms with Gasteiger partial charge in [-0.15, -0.1) is 11.8 Å². The predicted molar refractivity (Wildman–Crippen MR) is 101 cm³/mol. The number of amides is 1. The van der Waals surface area contributed by atoms with Crippen molar-refractivity contribution in [2.45, 2.75) is 30.7 Å². The van der Waals surface area contributed by atoms with Crippen molar-refractivity contribution in [3.63, 3.8) is 0 Å². The standard InChI is InChI=1S/C18H15Cl2N3OS/c19-13-4-2-6-15(17(13)20)22-16(24)7-8-25-18-12(10-21)9-11-3-1-5-14(11)23-18/h2,4,6,9H,1,3,5,7-8H2,(H,22,24). The SMILES string of the molecule is N#Cc1cc2c(nc1SCCC(=O)Nc1cccc(Cl)c1Cl)CCC2. The fraction of sp³-hybridized carbons (Fsp3) is 0.278. The molecule has 0 unspecified atom stereocenters. The van der Waals surface area contributed by atoms with Crippen molar-refractivity contribution in [3.05, 3.63) is 51.1 Å². The van der Waals surface area contributed by atoms with Gasteiger partial charge < -0.3 is 5.32 Å². The van der Waals surface area contributed by atoms with Crippen LogP contribution >= 0.6 is 35.0 Å². The Bertz CT molecular complexity index is 864. The molecule has 0 radical (unpaired) electrons. The van der Waals surface area contributed by atoms with Gasteiger partial charge in [-0.05, 0) is 43.0 Å². The van der Waals surface area contributed by atoms with Gasteiger partial charge in [0.25, 0.3) is 0 Å². The van der Waals surface area contributed by atoms with Gasteiger partial charge in [0, 0.05) is 17.9 Å². The molecule has 1 heterocycles. The summed E-state index contributed by atoms with van der Waals surface area (Å²) in [7, 11) is 0. The van der Waals surface area contributed by atoms with Crippen LogP contribution in [0.2, 0.25) is 10.0 Å². The van der Waals surface area contributed by atoms with Crippen molar-refractivity contribution in [3.8, 4) is 6.07 Å². The van der Waals surface area contributed by atoms with E-state index in [1.807, 2.05) is 6.07 Å². The zero-order chi connectivity index (χ0) is 17.8. The van der Waals surface area contributed by atoms with Crippen molar-refractivity contribution in [2.24, 2.45) is 0 Å². The molecule has 0 fully saturated rings. The number of benzene rings is 1. The van der Waals surface area contributed by atoms with Crippen LogP contribution in [0.15, 0.2) is 29.3 Å². The molecular formula is C18H15Cl2N3OS. The molecule has 25 heavy (non-hydrogen) atoms. The van der Waals surface area contributed by atoms with Gasteiger partial charge in [0.15, 0.2) is 0 Å². The fourth-order valence-corrected chi connectivity index (χ4v) is 3.96. The highest BCUT2D eigenvalue weighted by Gasteiger charge is 2.17. The maximum absolute atomic E-state index is 12.1. The molecular weight excluding hydrogens is 377 g/mol. The molecule has 2 aromatic rings. The number of halogens is 2. The highest BCUT2D eigenvalue weighted by Crippen LogP contribution is 2.30. The minimum absolute atomic E-state index is 0.156. The molecule has 0 spiro atoms. The second-order valence-corrected chi connectivity index (χ2v) is 7.53. The lowest BCUT2D eigenvalue weighted by Gasteiger charge is -2.09. The first-order valence-electron chi connectivity index (χ1n) is 7.88. The molecule has 1 N–H and O–H groups in total. The molecule has 0 saturated heterocycles. The van der Waals surface area contributed by atoms with E-state index in [-0.39, 0.29) is 12.3 Å². The number of nitrogens with one attached hydrogen (secondary N) is 1. The number of carbonyl (C=O) groups is 1. The maximum Gasteiger partial charge on any atom is 0.225 e. The number of fused-ring (bicyclic) bond motifs is 1. The zero-order valence-corrected chi connectivity index (χ0v) is 15.6. The van der Waals surface area contributed by atoms with Gasteiger partial charge in [0.05, 0.1) is 21.3 Å². The fourth-order valence-electron chi connectivity index (χ4n) is 2.70. The average Bonchev–Trinajstić information content (AvgIpc) is 3.05. The molecule has 3 rings (SSSR count). The Morgan fingerprint density at radius 2 is 2.20 bits per heavy atom. The van der Waals surface area contributed by atoms with Crippen molar-refractivity contribution in [1.82, 2.24) is 4.98 Å². The van der Waals surface area contributed by atoms with E-state index in [2.05, 4.69) is 16.4 Å². The first-order valence-corrected chi connectivity index (χ1v) is 9.62. The van der Waals surface area contributed by atoms with Gasteiger partial charge in [-0.25, -0.2) is 4.98 Å². The number of nitrogens with zero attached hydrogens (tertiary/aromatic N) is 2. The molecule has 4 nitrogen and oxygen atoms in total. The molecule has 1 aliphatic carbocycles. The largest absolute Gasteiger partial charge is 0.325 e. The van der Waals surface area contributed by atoms with Crippen molar-refractivity contribution in [1.29, 1.82) is 5.26 Å². The number of rotatable bonds is 5. The van der Waals surface area contributed by atoms with Gasteiger partial charge in [0.2, 0.25) is 5.91 Å². The van der Waals surface area contributed by atoms with Crippen LogP contribution in [-0.2, 0) is 17.6 Å². The molecule has 7 heteroatoms. The number of hydrogen-bond acceptors (Lipinski definition) is 4. The third kappa shape index (κ3) is 4.27. The molecule has 1 amide bonds. The highest BCUT2D eigenvalue weighted by molar-refractivity contribution is 7.99. The maximum atomic E-state index is 12.1. The summed E-state index contributed by atoms with van der Waals surface area (Å²) in [6, 6.07) is 9.23. The monoisotopic (exact) mass is 391 g/mol. The van der Waals surface area contributed by atoms with Crippen molar-refractivity contribution >= 4 is 46.6 Å². The van der Waals surface area contributed by atoms with Gasteiger partial charge in [-0.2, -0.15) is 5.26 Å². The van der Waals surface area contributed by atoms with E-state index in [4.69, 9.17) is 23.2 Å². The predicted octanol–water partition coefficient (Wildman–Crippen LogP) is 4.87. The van der Waals surface area contributed by atoms with Crippen LogP contribution in [0.4, 0.5) is 5.69 Å². The number of carbonyl (C=O) groups excluding carboxylic acids is 1. The number of thioether (sulfide) groups is 1. The smallest absolute Gasteiger partial charge is 0.225 e. The van der Waals surface area contributed by atoms with Crippen LogP contribution in [0.3, 0.4) is 0 Å². The number of aromatic nitrogens is 1. The number of hydrogen-bond donors (Lipinski definition) is 1. The molecule has 1 aromatic carbocycles. The van der Waals surface area contributed by atoms with E-state index in [0.717, 1.165) is 25.0 Å². The lowest BCUT2D eigenvalue weighted by molar-refractivity contribution is -0.115. The summed E-state index contributed by atoms with van der Waals surface area (Å²) in [6.07, 6.45) is 3.33. The van der Waals surface area contributed by atoms with Crippen LogP contribution in [0.25, 0.3) is 0 Å².